The lowest BCUT2D eigenvalue weighted by Gasteiger charge is -2.27. The maximum absolute atomic E-state index is 12.2. The predicted molar refractivity (Wildman–Crippen MR) is 115 cm³/mol. The molecule has 0 aliphatic heterocycles. The van der Waals surface area contributed by atoms with Crippen LogP contribution in [0.2, 0.25) is 0 Å². The van der Waals surface area contributed by atoms with E-state index in [0.29, 0.717) is 17.9 Å². The first-order chi connectivity index (χ1) is 13.9. The van der Waals surface area contributed by atoms with Crippen LogP contribution >= 0.6 is 0 Å². The largest absolute Gasteiger partial charge is 0.488 e. The van der Waals surface area contributed by atoms with Gasteiger partial charge in [-0.1, -0.05) is 6.07 Å². The van der Waals surface area contributed by atoms with Gasteiger partial charge in [0, 0.05) is 35.6 Å². The molecule has 0 aliphatic carbocycles. The van der Waals surface area contributed by atoms with Crippen LogP contribution in [-0.2, 0) is 6.54 Å². The summed E-state index contributed by atoms with van der Waals surface area (Å²) in [7, 11) is 0. The van der Waals surface area contributed by atoms with Crippen molar-refractivity contribution in [2.24, 2.45) is 11.5 Å². The second kappa shape index (κ2) is 11.6. The molecule has 1 aromatic heterocycles. The fourth-order valence-corrected chi connectivity index (χ4v) is 2.73. The van der Waals surface area contributed by atoms with E-state index in [1.165, 1.54) is 0 Å². The van der Waals surface area contributed by atoms with Crippen LogP contribution in [0.3, 0.4) is 0 Å². The van der Waals surface area contributed by atoms with Gasteiger partial charge >= 0.3 is 0 Å². The molecule has 6 nitrogen and oxygen atoms in total. The standard InChI is InChI=1S/C15H24F2N2O.C7H8N2O/c1-10(19-15(2,3)4)12-5-11(8-18)6-13(7-12)20-9-14(16)17;1-5-4-6(7(8)10)2-3-9-5/h5-7,10,14,19H,8-9,18H2,1-4H3;2-4H,1H3,(H2,8,10). The third kappa shape index (κ3) is 9.76. The molecule has 8 heteroatoms. The van der Waals surface area contributed by atoms with Gasteiger partial charge in [-0.2, -0.15) is 0 Å². The number of carbonyl (C=O) groups excluding carboxylic acids is 1. The fraction of sp³-hybridized carbons (Fsp3) is 0.455. The molecule has 30 heavy (non-hydrogen) atoms. The molecule has 0 radical (unpaired) electrons. The molecular weight excluding hydrogens is 390 g/mol. The Morgan fingerprint density at radius 2 is 1.90 bits per heavy atom. The Balaban J connectivity index is 0.000000375. The highest BCUT2D eigenvalue weighted by molar-refractivity contribution is 5.92. The molecule has 1 unspecified atom stereocenters. The Morgan fingerprint density at radius 1 is 1.23 bits per heavy atom. The summed E-state index contributed by atoms with van der Waals surface area (Å²) in [5.41, 5.74) is 13.8. The molecule has 2 rings (SSSR count). The van der Waals surface area contributed by atoms with Crippen molar-refractivity contribution in [3.05, 3.63) is 58.9 Å². The van der Waals surface area contributed by atoms with E-state index in [0.717, 1.165) is 16.8 Å². The lowest BCUT2D eigenvalue weighted by Crippen LogP contribution is -2.37. The van der Waals surface area contributed by atoms with Gasteiger partial charge in [-0.3, -0.25) is 9.78 Å². The lowest BCUT2D eigenvalue weighted by molar-refractivity contribution is 0.0818. The van der Waals surface area contributed by atoms with Crippen LogP contribution < -0.4 is 21.5 Å². The molecule has 0 aliphatic rings. The van der Waals surface area contributed by atoms with E-state index in [1.54, 1.807) is 30.5 Å². The number of alkyl halides is 2. The molecule has 2 aromatic rings. The van der Waals surface area contributed by atoms with Gasteiger partial charge in [0.1, 0.15) is 12.4 Å². The molecule has 0 bridgehead atoms. The predicted octanol–water partition coefficient (Wildman–Crippen LogP) is 3.73. The highest BCUT2D eigenvalue weighted by atomic mass is 19.3. The SMILES string of the molecule is CC(NC(C)(C)C)c1cc(CN)cc(OCC(F)F)c1.Cc1cc(C(N)=O)ccn1. The average molecular weight is 423 g/mol. The van der Waals surface area contributed by atoms with Gasteiger partial charge in [0.05, 0.1) is 0 Å². The number of hydrogen-bond acceptors (Lipinski definition) is 5. The first-order valence-corrected chi connectivity index (χ1v) is 9.66. The molecule has 166 valence electrons. The Labute approximate surface area is 177 Å². The maximum atomic E-state index is 12.2. The van der Waals surface area contributed by atoms with Gasteiger partial charge in [-0.05, 0) is 70.0 Å². The van der Waals surface area contributed by atoms with Crippen LogP contribution in [0.5, 0.6) is 5.75 Å². The van der Waals surface area contributed by atoms with Crippen molar-refractivity contribution < 1.29 is 18.3 Å². The molecule has 5 N–H and O–H groups in total. The highest BCUT2D eigenvalue weighted by Crippen LogP contribution is 2.24. The average Bonchev–Trinajstić information content (AvgIpc) is 2.65. The van der Waals surface area contributed by atoms with Crippen LogP contribution in [-0.4, -0.2) is 29.5 Å². The Bertz CT molecular complexity index is 823. The number of ether oxygens (including phenoxy) is 1. The van der Waals surface area contributed by atoms with E-state index in [-0.39, 0.29) is 11.6 Å². The Kier molecular flexibility index (Phi) is 9.81. The molecule has 1 aromatic carbocycles. The minimum absolute atomic E-state index is 0.0396. The van der Waals surface area contributed by atoms with E-state index >= 15 is 0 Å². The quantitative estimate of drug-likeness (QED) is 0.631. The van der Waals surface area contributed by atoms with Crippen LogP contribution in [0, 0.1) is 6.92 Å². The second-order valence-electron chi connectivity index (χ2n) is 7.98. The number of pyridine rings is 1. The number of nitrogens with zero attached hydrogens (tertiary/aromatic N) is 1. The summed E-state index contributed by atoms with van der Waals surface area (Å²) in [6, 6.07) is 8.78. The number of carbonyl (C=O) groups is 1. The Morgan fingerprint density at radius 3 is 2.37 bits per heavy atom. The smallest absolute Gasteiger partial charge is 0.272 e. The topological polar surface area (TPSA) is 103 Å². The first-order valence-electron chi connectivity index (χ1n) is 9.66. The normalized spacial score (nSPS) is 12.2. The van der Waals surface area contributed by atoms with Crippen LogP contribution in [0.15, 0.2) is 36.5 Å². The number of aryl methyl sites for hydroxylation is 1. The van der Waals surface area contributed by atoms with E-state index in [9.17, 15) is 13.6 Å². The van der Waals surface area contributed by atoms with Gasteiger partial charge in [0.2, 0.25) is 5.91 Å². The summed E-state index contributed by atoms with van der Waals surface area (Å²) in [6.45, 7) is 9.80. The molecule has 1 heterocycles. The van der Waals surface area contributed by atoms with Crippen LogP contribution in [0.4, 0.5) is 8.78 Å². The van der Waals surface area contributed by atoms with Gasteiger partial charge in [-0.15, -0.1) is 0 Å². The number of hydrogen-bond donors (Lipinski definition) is 3. The minimum atomic E-state index is -2.48. The number of rotatable bonds is 7. The number of aromatic nitrogens is 1. The number of nitrogens with two attached hydrogens (primary N) is 2. The zero-order valence-electron chi connectivity index (χ0n) is 18.2. The minimum Gasteiger partial charge on any atom is -0.488 e. The monoisotopic (exact) mass is 422 g/mol. The molecule has 1 atom stereocenters. The number of primary amides is 1. The summed E-state index contributed by atoms with van der Waals surface area (Å²) in [5.74, 6) is 0.0244. The highest BCUT2D eigenvalue weighted by Gasteiger charge is 2.16. The van der Waals surface area contributed by atoms with E-state index in [1.807, 2.05) is 19.9 Å². The van der Waals surface area contributed by atoms with Crippen molar-refractivity contribution in [1.82, 2.24) is 10.3 Å². The van der Waals surface area contributed by atoms with Gasteiger partial charge < -0.3 is 21.5 Å². The summed E-state index contributed by atoms with van der Waals surface area (Å²) in [6.07, 6.45) is -0.916. The molecular formula is C22H32F2N4O2. The van der Waals surface area contributed by atoms with Gasteiger partial charge in [0.25, 0.3) is 6.43 Å². The summed E-state index contributed by atoms with van der Waals surface area (Å²) in [4.78, 5) is 14.5. The van der Waals surface area contributed by atoms with Crippen molar-refractivity contribution in [2.75, 3.05) is 6.61 Å². The third-order valence-corrected chi connectivity index (χ3v) is 3.93. The molecule has 0 fully saturated rings. The van der Waals surface area contributed by atoms with Crippen molar-refractivity contribution in [3.63, 3.8) is 0 Å². The van der Waals surface area contributed by atoms with Crippen LogP contribution in [0.25, 0.3) is 0 Å². The fourth-order valence-electron chi connectivity index (χ4n) is 2.73. The molecule has 0 saturated heterocycles. The first kappa shape index (κ1) is 25.5. The van der Waals surface area contributed by atoms with Gasteiger partial charge in [0.15, 0.2) is 0 Å². The number of amides is 1. The van der Waals surface area contributed by atoms with Crippen LogP contribution in [0.1, 0.15) is 60.9 Å². The second-order valence-corrected chi connectivity index (χ2v) is 7.98. The van der Waals surface area contributed by atoms with Gasteiger partial charge in [-0.25, -0.2) is 8.78 Å². The zero-order valence-corrected chi connectivity index (χ0v) is 18.2. The third-order valence-electron chi connectivity index (χ3n) is 3.93. The molecule has 0 spiro atoms. The van der Waals surface area contributed by atoms with Crippen molar-refractivity contribution in [2.45, 2.75) is 59.2 Å². The zero-order chi connectivity index (χ0) is 22.9. The van der Waals surface area contributed by atoms with E-state index < -0.39 is 18.9 Å². The lowest BCUT2D eigenvalue weighted by atomic mass is 10.0. The van der Waals surface area contributed by atoms with Crippen molar-refractivity contribution >= 4 is 5.91 Å². The van der Waals surface area contributed by atoms with Crippen molar-refractivity contribution in [3.8, 4) is 5.75 Å². The van der Waals surface area contributed by atoms with E-state index in [2.05, 4.69) is 31.1 Å². The summed E-state index contributed by atoms with van der Waals surface area (Å²) >= 11 is 0. The number of halogens is 2. The molecule has 1 amide bonds. The van der Waals surface area contributed by atoms with Crippen molar-refractivity contribution in [1.29, 1.82) is 0 Å². The summed E-state index contributed by atoms with van der Waals surface area (Å²) in [5, 5.41) is 3.43. The van der Waals surface area contributed by atoms with E-state index in [4.69, 9.17) is 16.2 Å². The number of benzene rings is 1. The number of nitrogens with one attached hydrogen (secondary N) is 1. The maximum Gasteiger partial charge on any atom is 0.272 e. The molecule has 0 saturated carbocycles. The summed E-state index contributed by atoms with van der Waals surface area (Å²) < 4.78 is 29.5. The Hall–Kier alpha value is -2.58.